The summed E-state index contributed by atoms with van der Waals surface area (Å²) in [5.41, 5.74) is 0.651. The Morgan fingerprint density at radius 3 is 2.29 bits per heavy atom. The van der Waals surface area contributed by atoms with E-state index in [-0.39, 0.29) is 16.2 Å². The Balaban J connectivity index is 2.02. The highest BCUT2D eigenvalue weighted by molar-refractivity contribution is 6.37. The van der Waals surface area contributed by atoms with Crippen LogP contribution in [0, 0.1) is 5.82 Å². The van der Waals surface area contributed by atoms with Gasteiger partial charge in [0.05, 0.1) is 5.56 Å². The molecule has 0 aliphatic carbocycles. The first-order valence-corrected chi connectivity index (χ1v) is 7.48. The molecule has 0 spiro atoms. The Hall–Kier alpha value is -1.23. The van der Waals surface area contributed by atoms with Crippen LogP contribution in [0.25, 0.3) is 11.1 Å². The molecule has 0 amide bonds. The zero-order chi connectivity index (χ0) is 14.8. The van der Waals surface area contributed by atoms with Crippen LogP contribution in [0.5, 0.6) is 0 Å². The molecule has 110 valence electrons. The average molecular weight is 327 g/mol. The van der Waals surface area contributed by atoms with Crippen molar-refractivity contribution in [2.75, 3.05) is 13.2 Å². The fourth-order valence-electron chi connectivity index (χ4n) is 2.45. The lowest BCUT2D eigenvalue weighted by molar-refractivity contribution is 0.0836. The Kier molecular flexibility index (Phi) is 4.38. The predicted octanol–water partition coefficient (Wildman–Crippen LogP) is 4.48. The second-order valence-corrected chi connectivity index (χ2v) is 5.62. The molecular weight excluding hydrogens is 314 g/mol. The molecule has 0 N–H and O–H groups in total. The highest BCUT2D eigenvalue weighted by atomic mass is 35.5. The second-order valence-electron chi connectivity index (χ2n) is 4.90. The molecule has 3 nitrogen and oxygen atoms in total. The maximum atomic E-state index is 13.9. The molecule has 0 bridgehead atoms. The van der Waals surface area contributed by atoms with Gasteiger partial charge in [0.15, 0.2) is 0 Å². The van der Waals surface area contributed by atoms with Crippen molar-refractivity contribution >= 4 is 23.2 Å². The smallest absolute Gasteiger partial charge is 0.142 e. The van der Waals surface area contributed by atoms with Gasteiger partial charge in [0, 0.05) is 24.7 Å². The molecule has 0 unspecified atom stereocenters. The summed E-state index contributed by atoms with van der Waals surface area (Å²) in [5, 5.41) is 0.364. The summed E-state index contributed by atoms with van der Waals surface area (Å²) in [5.74, 6) is 0.389. The third kappa shape index (κ3) is 3.03. The zero-order valence-electron chi connectivity index (χ0n) is 11.2. The largest absolute Gasteiger partial charge is 0.381 e. The first-order valence-electron chi connectivity index (χ1n) is 6.72. The lowest BCUT2D eigenvalue weighted by Crippen LogP contribution is -2.16. The Labute approximate surface area is 132 Å². The summed E-state index contributed by atoms with van der Waals surface area (Å²) in [7, 11) is 0. The summed E-state index contributed by atoms with van der Waals surface area (Å²) in [6.45, 7) is 1.36. The molecule has 2 heterocycles. The molecule has 6 heteroatoms. The second kappa shape index (κ2) is 6.26. The van der Waals surface area contributed by atoms with Crippen LogP contribution >= 0.6 is 23.2 Å². The van der Waals surface area contributed by atoms with E-state index >= 15 is 0 Å². The van der Waals surface area contributed by atoms with Crippen molar-refractivity contribution in [2.45, 2.75) is 18.8 Å². The molecule has 1 fully saturated rings. The van der Waals surface area contributed by atoms with Gasteiger partial charge in [-0.25, -0.2) is 14.4 Å². The van der Waals surface area contributed by atoms with Gasteiger partial charge in [-0.05, 0) is 18.9 Å². The zero-order valence-corrected chi connectivity index (χ0v) is 12.7. The molecular formula is C15H13Cl2FN2O. The van der Waals surface area contributed by atoms with E-state index in [0.717, 1.165) is 12.8 Å². The van der Waals surface area contributed by atoms with E-state index in [1.54, 1.807) is 18.2 Å². The number of aromatic nitrogens is 2. The third-order valence-corrected chi connectivity index (χ3v) is 4.11. The van der Waals surface area contributed by atoms with Gasteiger partial charge >= 0.3 is 0 Å². The minimum absolute atomic E-state index is 0.182. The van der Waals surface area contributed by atoms with Crippen LogP contribution in [0.15, 0.2) is 24.3 Å². The minimum Gasteiger partial charge on any atom is -0.381 e. The van der Waals surface area contributed by atoms with Gasteiger partial charge in [0.1, 0.15) is 21.9 Å². The Bertz CT molecular complexity index is 637. The van der Waals surface area contributed by atoms with Crippen molar-refractivity contribution in [3.05, 3.63) is 46.2 Å². The average Bonchev–Trinajstić information content (AvgIpc) is 2.49. The topological polar surface area (TPSA) is 35.0 Å². The maximum Gasteiger partial charge on any atom is 0.142 e. The van der Waals surface area contributed by atoms with E-state index in [9.17, 15) is 4.39 Å². The number of rotatable bonds is 2. The van der Waals surface area contributed by atoms with Gasteiger partial charge in [-0.3, -0.25) is 0 Å². The van der Waals surface area contributed by atoms with E-state index in [4.69, 9.17) is 27.9 Å². The van der Waals surface area contributed by atoms with Crippen molar-refractivity contribution in [3.63, 3.8) is 0 Å². The highest BCUT2D eigenvalue weighted by Crippen LogP contribution is 2.36. The van der Waals surface area contributed by atoms with Crippen LogP contribution in [-0.4, -0.2) is 23.2 Å². The highest BCUT2D eigenvalue weighted by Gasteiger charge is 2.23. The van der Waals surface area contributed by atoms with Crippen LogP contribution in [0.3, 0.4) is 0 Å². The fraction of sp³-hybridized carbons (Fsp3) is 0.333. The number of ether oxygens (including phenoxy) is 1. The van der Waals surface area contributed by atoms with E-state index in [1.807, 2.05) is 0 Å². The normalized spacial score (nSPS) is 16.1. The van der Waals surface area contributed by atoms with Gasteiger partial charge < -0.3 is 4.74 Å². The van der Waals surface area contributed by atoms with Crippen molar-refractivity contribution < 1.29 is 9.13 Å². The molecule has 0 saturated carbocycles. The molecule has 1 aromatic heterocycles. The minimum atomic E-state index is -0.399. The molecule has 1 aliphatic rings. The molecule has 3 rings (SSSR count). The van der Waals surface area contributed by atoms with Crippen molar-refractivity contribution in [1.29, 1.82) is 0 Å². The van der Waals surface area contributed by atoms with E-state index in [0.29, 0.717) is 30.2 Å². The first kappa shape index (κ1) is 14.7. The van der Waals surface area contributed by atoms with Crippen LogP contribution in [-0.2, 0) is 4.74 Å². The van der Waals surface area contributed by atoms with E-state index in [1.165, 1.54) is 6.07 Å². The first-order chi connectivity index (χ1) is 10.2. The van der Waals surface area contributed by atoms with Gasteiger partial charge in [-0.2, -0.15) is 0 Å². The Morgan fingerprint density at radius 2 is 1.67 bits per heavy atom. The lowest BCUT2D eigenvalue weighted by atomic mass is 9.99. The van der Waals surface area contributed by atoms with Gasteiger partial charge in [-0.15, -0.1) is 0 Å². The van der Waals surface area contributed by atoms with Crippen molar-refractivity contribution in [2.24, 2.45) is 0 Å². The molecule has 21 heavy (non-hydrogen) atoms. The molecule has 1 aliphatic heterocycles. The summed E-state index contributed by atoms with van der Waals surface area (Å²) in [4.78, 5) is 8.65. The monoisotopic (exact) mass is 326 g/mol. The quantitative estimate of drug-likeness (QED) is 0.763. The number of benzene rings is 1. The third-order valence-electron chi connectivity index (χ3n) is 3.57. The lowest BCUT2D eigenvalue weighted by Gasteiger charge is -2.21. The molecule has 0 radical (unpaired) electrons. The van der Waals surface area contributed by atoms with Gasteiger partial charge in [0.25, 0.3) is 0 Å². The SMILES string of the molecule is Fc1ccccc1-c1c(Cl)nc(C2CCOCC2)nc1Cl. The Morgan fingerprint density at radius 1 is 1.05 bits per heavy atom. The molecule has 0 atom stereocenters. The maximum absolute atomic E-state index is 13.9. The summed E-state index contributed by atoms with van der Waals surface area (Å²) >= 11 is 12.5. The van der Waals surface area contributed by atoms with E-state index < -0.39 is 5.82 Å². The van der Waals surface area contributed by atoms with E-state index in [2.05, 4.69) is 9.97 Å². The molecule has 1 aromatic carbocycles. The number of hydrogen-bond acceptors (Lipinski definition) is 3. The number of halogens is 3. The number of hydrogen-bond donors (Lipinski definition) is 0. The van der Waals surface area contributed by atoms with Crippen LogP contribution < -0.4 is 0 Å². The summed E-state index contributed by atoms with van der Waals surface area (Å²) < 4.78 is 19.2. The summed E-state index contributed by atoms with van der Waals surface area (Å²) in [6.07, 6.45) is 1.68. The van der Waals surface area contributed by atoms with Crippen molar-refractivity contribution in [1.82, 2.24) is 9.97 Å². The van der Waals surface area contributed by atoms with Crippen molar-refractivity contribution in [3.8, 4) is 11.1 Å². The van der Waals surface area contributed by atoms with Crippen LogP contribution in [0.2, 0.25) is 10.3 Å². The van der Waals surface area contributed by atoms with Gasteiger partial charge in [-0.1, -0.05) is 41.4 Å². The molecule has 2 aromatic rings. The molecule has 1 saturated heterocycles. The van der Waals surface area contributed by atoms with Crippen LogP contribution in [0.4, 0.5) is 4.39 Å². The standard InChI is InChI=1S/C15H13Cl2FN2O/c16-13-12(10-3-1-2-4-11(10)18)14(17)20-15(19-13)9-5-7-21-8-6-9/h1-4,9H,5-8H2. The predicted molar refractivity (Wildman–Crippen MR) is 80.2 cm³/mol. The van der Waals surface area contributed by atoms with Crippen LogP contribution in [0.1, 0.15) is 24.6 Å². The number of nitrogens with zero attached hydrogens (tertiary/aromatic N) is 2. The fourth-order valence-corrected chi connectivity index (χ4v) is 3.05. The summed E-state index contributed by atoms with van der Waals surface area (Å²) in [6, 6.07) is 6.30. The van der Waals surface area contributed by atoms with Gasteiger partial charge in [0.2, 0.25) is 0 Å².